The minimum absolute atomic E-state index is 0.189. The van der Waals surface area contributed by atoms with E-state index < -0.39 is 0 Å². The predicted octanol–water partition coefficient (Wildman–Crippen LogP) is 14.3. The molecular weight excluding hydrogens is 845 g/mol. The third-order valence-electron chi connectivity index (χ3n) is 12.5. The quantitative estimate of drug-likeness (QED) is 0.126. The zero-order valence-electron chi connectivity index (χ0n) is 38.3. The molecule has 9 heteroatoms. The number of hydrogen-bond acceptors (Lipinski definition) is 7. The van der Waals surface area contributed by atoms with Crippen molar-refractivity contribution in [3.63, 3.8) is 0 Å². The molecule has 0 saturated heterocycles. The van der Waals surface area contributed by atoms with Gasteiger partial charge in [-0.25, -0.2) is 9.97 Å². The second-order valence-corrected chi connectivity index (χ2v) is 16.6. The predicted molar refractivity (Wildman–Crippen MR) is 275 cm³/mol. The summed E-state index contributed by atoms with van der Waals surface area (Å²) in [5.74, 6) is 2.82. The van der Waals surface area contributed by atoms with Crippen LogP contribution >= 0.6 is 0 Å². The average molecular weight is 893 g/mol. The van der Waals surface area contributed by atoms with Crippen LogP contribution in [0.4, 0.5) is 0 Å². The molecule has 5 heterocycles. The number of nitrogens with one attached hydrogen (secondary N) is 2. The molecular formula is C59H48N4O5. The summed E-state index contributed by atoms with van der Waals surface area (Å²) >= 11 is 0. The number of aromatic nitrogens is 4. The van der Waals surface area contributed by atoms with E-state index in [1.54, 1.807) is 0 Å². The van der Waals surface area contributed by atoms with Crippen LogP contribution in [-0.2, 0) is 0 Å². The SMILES string of the molecule is CCOc1ccc(-c2c3nc(c4c5nc(c(-c6ccc(OCC)cc6)c6ccc([nH]6)c(-c6ccc(OCC)cc6)c6ccc2[nH]6)C(=O)c5c(-c2ccccc2)c2cc(OCC)ccc24)C=C3)cc1. The number of H-pyrrole nitrogens is 2. The highest BCUT2D eigenvalue weighted by Gasteiger charge is 2.32. The molecule has 0 spiro atoms. The Labute approximate surface area is 393 Å². The molecule has 2 aliphatic rings. The maximum absolute atomic E-state index is 15.9. The number of carbonyl (C=O) groups excluding carboxylic acids is 1. The lowest BCUT2D eigenvalue weighted by Gasteiger charge is -2.15. The van der Waals surface area contributed by atoms with Crippen LogP contribution in [0.5, 0.6) is 23.0 Å². The largest absolute Gasteiger partial charge is 0.494 e. The summed E-state index contributed by atoms with van der Waals surface area (Å²) in [5, 5.41) is 2.54. The number of ketones is 1. The van der Waals surface area contributed by atoms with Crippen molar-refractivity contribution in [3.05, 3.63) is 168 Å². The maximum atomic E-state index is 15.9. The molecule has 9 nitrogen and oxygen atoms in total. The summed E-state index contributed by atoms with van der Waals surface area (Å²) in [5.41, 5.74) is 13.1. The zero-order valence-corrected chi connectivity index (χ0v) is 38.3. The van der Waals surface area contributed by atoms with Crippen LogP contribution in [0, 0.1) is 0 Å². The highest BCUT2D eigenvalue weighted by atomic mass is 16.5. The molecule has 11 rings (SSSR count). The van der Waals surface area contributed by atoms with E-state index >= 15 is 4.79 Å². The van der Waals surface area contributed by atoms with Crippen LogP contribution in [0.3, 0.4) is 0 Å². The van der Waals surface area contributed by atoms with Crippen LogP contribution < -0.4 is 18.9 Å². The van der Waals surface area contributed by atoms with Gasteiger partial charge >= 0.3 is 0 Å². The fourth-order valence-electron chi connectivity index (χ4n) is 9.64. The summed E-state index contributed by atoms with van der Waals surface area (Å²) in [6, 6.07) is 48.7. The normalized spacial score (nSPS) is 12.0. The minimum atomic E-state index is -0.189. The maximum Gasteiger partial charge on any atom is 0.214 e. The first-order valence-electron chi connectivity index (χ1n) is 23.2. The molecule has 0 aliphatic carbocycles. The summed E-state index contributed by atoms with van der Waals surface area (Å²) in [6.07, 6.45) is 4.10. The molecule has 0 radical (unpaired) electrons. The lowest BCUT2D eigenvalue weighted by Crippen LogP contribution is -2.03. The molecule has 0 saturated carbocycles. The van der Waals surface area contributed by atoms with Crippen molar-refractivity contribution in [2.45, 2.75) is 27.7 Å². The molecule has 2 aliphatic heterocycles. The van der Waals surface area contributed by atoms with Crippen LogP contribution in [0.15, 0.2) is 146 Å². The van der Waals surface area contributed by atoms with Crippen molar-refractivity contribution >= 4 is 61.7 Å². The van der Waals surface area contributed by atoms with E-state index in [9.17, 15) is 0 Å². The van der Waals surface area contributed by atoms with Crippen LogP contribution in [0.1, 0.15) is 55.1 Å². The molecule has 0 unspecified atom stereocenters. The first kappa shape index (κ1) is 42.2. The van der Waals surface area contributed by atoms with Crippen molar-refractivity contribution in [1.82, 2.24) is 19.9 Å². The summed E-state index contributed by atoms with van der Waals surface area (Å²) in [4.78, 5) is 34.5. The van der Waals surface area contributed by atoms with E-state index in [0.29, 0.717) is 60.2 Å². The van der Waals surface area contributed by atoms with Gasteiger partial charge in [0.1, 0.15) is 28.7 Å². The highest BCUT2D eigenvalue weighted by Crippen LogP contribution is 2.46. The number of rotatable bonds is 12. The molecule has 334 valence electrons. The van der Waals surface area contributed by atoms with Gasteiger partial charge in [0, 0.05) is 49.7 Å². The van der Waals surface area contributed by atoms with Gasteiger partial charge in [0.15, 0.2) is 0 Å². The summed E-state index contributed by atoms with van der Waals surface area (Å²) in [7, 11) is 0. The van der Waals surface area contributed by atoms with Crippen molar-refractivity contribution in [3.8, 4) is 67.5 Å². The lowest BCUT2D eigenvalue weighted by atomic mass is 9.88. The number of hydrogen-bond donors (Lipinski definition) is 2. The lowest BCUT2D eigenvalue weighted by molar-refractivity contribution is 0.104. The van der Waals surface area contributed by atoms with Gasteiger partial charge in [-0.1, -0.05) is 66.7 Å². The Balaban J connectivity index is 1.33. The van der Waals surface area contributed by atoms with E-state index in [-0.39, 0.29) is 5.78 Å². The Morgan fingerprint density at radius 1 is 0.412 bits per heavy atom. The van der Waals surface area contributed by atoms with Crippen molar-refractivity contribution < 1.29 is 23.7 Å². The van der Waals surface area contributed by atoms with E-state index in [1.165, 1.54) is 0 Å². The topological polar surface area (TPSA) is 111 Å². The van der Waals surface area contributed by atoms with E-state index in [4.69, 9.17) is 28.9 Å². The third-order valence-corrected chi connectivity index (χ3v) is 12.5. The van der Waals surface area contributed by atoms with E-state index in [2.05, 4.69) is 76.7 Å². The van der Waals surface area contributed by atoms with Crippen molar-refractivity contribution in [2.75, 3.05) is 26.4 Å². The number of aromatic amines is 2. The molecule has 9 aromatic rings. The van der Waals surface area contributed by atoms with E-state index in [1.807, 2.05) is 119 Å². The summed E-state index contributed by atoms with van der Waals surface area (Å²) < 4.78 is 23.8. The molecule has 3 aromatic heterocycles. The third kappa shape index (κ3) is 7.42. The Morgan fingerprint density at radius 2 is 0.868 bits per heavy atom. The number of carbonyl (C=O) groups is 1. The molecule has 8 bridgehead atoms. The molecule has 6 aromatic carbocycles. The number of fused-ring (bicyclic) bond motifs is 10. The second-order valence-electron chi connectivity index (χ2n) is 16.6. The van der Waals surface area contributed by atoms with E-state index in [0.717, 1.165) is 100 Å². The van der Waals surface area contributed by atoms with Crippen LogP contribution in [0.25, 0.3) is 100 Å². The van der Waals surface area contributed by atoms with Gasteiger partial charge in [-0.2, -0.15) is 0 Å². The van der Waals surface area contributed by atoms with Crippen LogP contribution in [0.2, 0.25) is 0 Å². The molecule has 0 fully saturated rings. The molecule has 68 heavy (non-hydrogen) atoms. The van der Waals surface area contributed by atoms with Crippen molar-refractivity contribution in [2.24, 2.45) is 0 Å². The minimum Gasteiger partial charge on any atom is -0.494 e. The standard InChI is InChI=1S/C59H48N4O5/c1-5-65-39-20-14-36(15-21-39)52-45-28-29-46(60-45)53(37-16-22-40(23-17-37)66-6-2)48-31-33-50(62-48)55-43-27-26-42(68-8-4)34-44(43)51(35-12-10-9-11-13-35)56-57(55)63-58(59(56)64)54(49-32-30-47(52)61-49)38-18-24-41(25-19-38)67-7-3/h9-34,60-61H,5-8H2,1-4H3. The first-order valence-corrected chi connectivity index (χ1v) is 23.2. The van der Waals surface area contributed by atoms with Gasteiger partial charge in [0.25, 0.3) is 0 Å². The Kier molecular flexibility index (Phi) is 11.0. The van der Waals surface area contributed by atoms with Gasteiger partial charge < -0.3 is 28.9 Å². The number of benzene rings is 6. The number of ether oxygens (including phenoxy) is 4. The van der Waals surface area contributed by atoms with Crippen molar-refractivity contribution in [1.29, 1.82) is 0 Å². The number of nitrogens with zero attached hydrogens (tertiary/aromatic N) is 2. The fourth-order valence-corrected chi connectivity index (χ4v) is 9.64. The fraction of sp³-hybridized carbons (Fsp3) is 0.136. The smallest absolute Gasteiger partial charge is 0.214 e. The molecule has 2 N–H and O–H groups in total. The van der Waals surface area contributed by atoms with Gasteiger partial charge in [0.05, 0.1) is 48.9 Å². The van der Waals surface area contributed by atoms with Gasteiger partial charge in [-0.3, -0.25) is 4.79 Å². The van der Waals surface area contributed by atoms with Crippen LogP contribution in [-0.4, -0.2) is 52.1 Å². The van der Waals surface area contributed by atoms with Gasteiger partial charge in [-0.05, 0) is 152 Å². The monoisotopic (exact) mass is 892 g/mol. The average Bonchev–Trinajstić information content (AvgIpc) is 4.20. The Morgan fingerprint density at radius 3 is 1.43 bits per heavy atom. The molecule has 0 atom stereocenters. The van der Waals surface area contributed by atoms with Gasteiger partial charge in [-0.15, -0.1) is 0 Å². The Bertz CT molecular complexity index is 3610. The summed E-state index contributed by atoms with van der Waals surface area (Å²) in [6.45, 7) is 10.0. The first-order chi connectivity index (χ1) is 33.4. The zero-order chi connectivity index (χ0) is 46.3. The Hall–Kier alpha value is -8.43. The molecule has 0 amide bonds. The second kappa shape index (κ2) is 17.8. The highest BCUT2D eigenvalue weighted by molar-refractivity contribution is 6.31. The van der Waals surface area contributed by atoms with Gasteiger partial charge in [0.2, 0.25) is 5.78 Å².